The van der Waals surface area contributed by atoms with Crippen molar-refractivity contribution in [3.05, 3.63) is 46.7 Å². The number of nitrogens with two attached hydrogens (primary N) is 1. The van der Waals surface area contributed by atoms with Crippen molar-refractivity contribution in [3.63, 3.8) is 0 Å². The highest BCUT2D eigenvalue weighted by Crippen LogP contribution is 2.19. The van der Waals surface area contributed by atoms with Gasteiger partial charge in [0.25, 0.3) is 5.91 Å². The van der Waals surface area contributed by atoms with Gasteiger partial charge in [0.15, 0.2) is 0 Å². The molecule has 0 saturated carbocycles. The van der Waals surface area contributed by atoms with Crippen LogP contribution in [-0.4, -0.2) is 22.2 Å². The molecule has 0 fully saturated rings. The number of nitrogens with zero attached hydrogens (tertiary/aromatic N) is 2. The Balaban J connectivity index is 1.89. The minimum Gasteiger partial charge on any atom is -0.398 e. The van der Waals surface area contributed by atoms with Crippen LogP contribution in [0.15, 0.2) is 30.6 Å². The van der Waals surface area contributed by atoms with E-state index >= 15 is 0 Å². The Morgan fingerprint density at radius 1 is 1.53 bits per heavy atom. The monoisotopic (exact) mass is 278 g/mol. The van der Waals surface area contributed by atoms with Crippen molar-refractivity contribution < 1.29 is 4.79 Å². The van der Waals surface area contributed by atoms with E-state index in [9.17, 15) is 4.79 Å². The first-order chi connectivity index (χ1) is 9.06. The Labute approximate surface area is 116 Å². The van der Waals surface area contributed by atoms with Crippen LogP contribution >= 0.6 is 11.6 Å². The molecule has 2 rings (SSSR count). The predicted molar refractivity (Wildman–Crippen MR) is 75.2 cm³/mol. The number of rotatable bonds is 4. The summed E-state index contributed by atoms with van der Waals surface area (Å²) in [5, 5.41) is 7.39. The van der Waals surface area contributed by atoms with Crippen molar-refractivity contribution in [2.75, 3.05) is 12.3 Å². The molecule has 0 aliphatic heterocycles. The van der Waals surface area contributed by atoms with Crippen molar-refractivity contribution in [2.24, 2.45) is 0 Å². The predicted octanol–water partition coefficient (Wildman–Crippen LogP) is 1.86. The molecule has 2 aromatic rings. The quantitative estimate of drug-likeness (QED) is 0.839. The Kier molecular flexibility index (Phi) is 4.06. The number of aryl methyl sites for hydroxylation is 1. The second-order valence-electron chi connectivity index (χ2n) is 4.27. The number of halogens is 1. The Morgan fingerprint density at radius 2 is 2.32 bits per heavy atom. The summed E-state index contributed by atoms with van der Waals surface area (Å²) in [6, 6.07) is 4.82. The van der Waals surface area contributed by atoms with Crippen LogP contribution in [0.5, 0.6) is 0 Å². The van der Waals surface area contributed by atoms with Gasteiger partial charge in [-0.25, -0.2) is 0 Å². The van der Waals surface area contributed by atoms with E-state index < -0.39 is 0 Å². The van der Waals surface area contributed by atoms with E-state index in [2.05, 4.69) is 10.4 Å². The van der Waals surface area contributed by atoms with Crippen LogP contribution in [-0.2, 0) is 6.54 Å². The normalized spacial score (nSPS) is 10.4. The number of hydrogen-bond acceptors (Lipinski definition) is 3. The fourth-order valence-corrected chi connectivity index (χ4v) is 1.78. The third-order valence-electron chi connectivity index (χ3n) is 2.65. The molecule has 0 unspecified atom stereocenters. The van der Waals surface area contributed by atoms with Crippen LogP contribution in [0, 0.1) is 6.92 Å². The standard InChI is InChI=1S/C13H15ClN4O/c1-9-7-17-18(8-9)5-4-16-13(19)10-2-3-11(14)12(15)6-10/h2-3,6-8H,4-5,15H2,1H3,(H,16,19). The Morgan fingerprint density at radius 3 is 2.95 bits per heavy atom. The highest BCUT2D eigenvalue weighted by atomic mass is 35.5. The summed E-state index contributed by atoms with van der Waals surface area (Å²) < 4.78 is 1.78. The molecule has 1 heterocycles. The summed E-state index contributed by atoms with van der Waals surface area (Å²) in [7, 11) is 0. The van der Waals surface area contributed by atoms with E-state index in [4.69, 9.17) is 17.3 Å². The zero-order chi connectivity index (χ0) is 13.8. The molecule has 6 heteroatoms. The second kappa shape index (κ2) is 5.75. The van der Waals surface area contributed by atoms with Gasteiger partial charge in [-0.1, -0.05) is 11.6 Å². The van der Waals surface area contributed by atoms with Crippen molar-refractivity contribution >= 4 is 23.2 Å². The molecule has 0 bridgehead atoms. The van der Waals surface area contributed by atoms with E-state index in [1.165, 1.54) is 0 Å². The maximum Gasteiger partial charge on any atom is 0.251 e. The third-order valence-corrected chi connectivity index (χ3v) is 2.99. The van der Waals surface area contributed by atoms with Gasteiger partial charge in [-0.3, -0.25) is 9.48 Å². The van der Waals surface area contributed by atoms with Gasteiger partial charge in [0.05, 0.1) is 23.5 Å². The summed E-state index contributed by atoms with van der Waals surface area (Å²) in [5.74, 6) is -0.174. The molecule has 1 aromatic carbocycles. The number of carbonyl (C=O) groups excluding carboxylic acids is 1. The van der Waals surface area contributed by atoms with Gasteiger partial charge >= 0.3 is 0 Å². The first kappa shape index (κ1) is 13.4. The minimum atomic E-state index is -0.174. The zero-order valence-electron chi connectivity index (χ0n) is 10.6. The van der Waals surface area contributed by atoms with Crippen molar-refractivity contribution in [1.29, 1.82) is 0 Å². The highest BCUT2D eigenvalue weighted by Gasteiger charge is 2.07. The average molecular weight is 279 g/mol. The summed E-state index contributed by atoms with van der Waals surface area (Å²) >= 11 is 5.80. The molecule has 0 aliphatic carbocycles. The van der Waals surface area contributed by atoms with E-state index in [-0.39, 0.29) is 5.91 Å². The fourth-order valence-electron chi connectivity index (χ4n) is 1.66. The number of amides is 1. The number of nitrogen functional groups attached to an aromatic ring is 1. The largest absolute Gasteiger partial charge is 0.398 e. The van der Waals surface area contributed by atoms with Crippen molar-refractivity contribution in [2.45, 2.75) is 13.5 Å². The number of aromatic nitrogens is 2. The number of carbonyl (C=O) groups is 1. The topological polar surface area (TPSA) is 72.9 Å². The maximum atomic E-state index is 11.9. The van der Waals surface area contributed by atoms with Crippen LogP contribution < -0.4 is 11.1 Å². The molecular formula is C13H15ClN4O. The smallest absolute Gasteiger partial charge is 0.251 e. The summed E-state index contributed by atoms with van der Waals surface area (Å²) in [6.45, 7) is 3.10. The first-order valence-corrected chi connectivity index (χ1v) is 6.26. The maximum absolute atomic E-state index is 11.9. The zero-order valence-corrected chi connectivity index (χ0v) is 11.3. The van der Waals surface area contributed by atoms with E-state index in [0.717, 1.165) is 5.56 Å². The number of benzene rings is 1. The summed E-state index contributed by atoms with van der Waals surface area (Å²) in [5.41, 5.74) is 7.65. The summed E-state index contributed by atoms with van der Waals surface area (Å²) in [6.07, 6.45) is 3.70. The molecular weight excluding hydrogens is 264 g/mol. The van der Waals surface area contributed by atoms with Gasteiger partial charge < -0.3 is 11.1 Å². The second-order valence-corrected chi connectivity index (χ2v) is 4.68. The molecule has 0 atom stereocenters. The molecule has 100 valence electrons. The minimum absolute atomic E-state index is 0.174. The molecule has 19 heavy (non-hydrogen) atoms. The van der Waals surface area contributed by atoms with Crippen molar-refractivity contribution in [3.8, 4) is 0 Å². The van der Waals surface area contributed by atoms with Gasteiger partial charge in [0, 0.05) is 18.3 Å². The molecule has 1 aromatic heterocycles. The van der Waals surface area contributed by atoms with Gasteiger partial charge in [-0.15, -0.1) is 0 Å². The lowest BCUT2D eigenvalue weighted by molar-refractivity contribution is 0.0952. The number of nitrogens with one attached hydrogen (secondary N) is 1. The summed E-state index contributed by atoms with van der Waals surface area (Å²) in [4.78, 5) is 11.9. The molecule has 0 radical (unpaired) electrons. The van der Waals surface area contributed by atoms with Gasteiger partial charge in [0.1, 0.15) is 0 Å². The fraction of sp³-hybridized carbons (Fsp3) is 0.231. The van der Waals surface area contributed by atoms with Crippen molar-refractivity contribution in [1.82, 2.24) is 15.1 Å². The molecule has 0 aliphatic rings. The van der Waals surface area contributed by atoms with Crippen LogP contribution in [0.2, 0.25) is 5.02 Å². The van der Waals surface area contributed by atoms with E-state index in [1.807, 2.05) is 13.1 Å². The van der Waals surface area contributed by atoms with Crippen LogP contribution in [0.1, 0.15) is 15.9 Å². The molecule has 0 saturated heterocycles. The van der Waals surface area contributed by atoms with E-state index in [0.29, 0.717) is 29.4 Å². The van der Waals surface area contributed by atoms with Gasteiger partial charge in [-0.05, 0) is 30.7 Å². The van der Waals surface area contributed by atoms with E-state index in [1.54, 1.807) is 29.1 Å². The molecule has 1 amide bonds. The first-order valence-electron chi connectivity index (χ1n) is 5.88. The van der Waals surface area contributed by atoms with Crippen LogP contribution in [0.4, 0.5) is 5.69 Å². The number of hydrogen-bond donors (Lipinski definition) is 2. The SMILES string of the molecule is Cc1cnn(CCNC(=O)c2ccc(Cl)c(N)c2)c1. The average Bonchev–Trinajstić information content (AvgIpc) is 2.78. The molecule has 3 N–H and O–H groups in total. The highest BCUT2D eigenvalue weighted by molar-refractivity contribution is 6.33. The Hall–Kier alpha value is -2.01. The third kappa shape index (κ3) is 3.48. The van der Waals surface area contributed by atoms with Gasteiger partial charge in [0.2, 0.25) is 0 Å². The molecule has 0 spiro atoms. The lowest BCUT2D eigenvalue weighted by Gasteiger charge is -2.06. The number of anilines is 1. The van der Waals surface area contributed by atoms with Gasteiger partial charge in [-0.2, -0.15) is 5.10 Å². The lowest BCUT2D eigenvalue weighted by Crippen LogP contribution is -2.27. The van der Waals surface area contributed by atoms with Crippen LogP contribution in [0.25, 0.3) is 0 Å². The van der Waals surface area contributed by atoms with Crippen LogP contribution in [0.3, 0.4) is 0 Å². The molecule has 5 nitrogen and oxygen atoms in total. The Bertz CT molecular complexity index is 594. The lowest BCUT2D eigenvalue weighted by atomic mass is 10.2.